The Morgan fingerprint density at radius 3 is 2.65 bits per heavy atom. The number of amides is 1. The number of thiazole rings is 1. The lowest BCUT2D eigenvalue weighted by Gasteiger charge is -2.03. The smallest absolute Gasteiger partial charge is 0.257 e. The molecule has 0 bridgehead atoms. The zero-order chi connectivity index (χ0) is 18.7. The number of hydrogen-bond donors (Lipinski definition) is 1. The molecule has 0 fully saturated rings. The number of nitrogens with one attached hydrogen (secondary N) is 1. The first-order valence-electron chi connectivity index (χ1n) is 8.31. The molecule has 2 aromatic carbocycles. The molecule has 134 valence electrons. The molecule has 0 unspecified atom stereocenters. The van der Waals surface area contributed by atoms with Crippen LogP contribution in [0.3, 0.4) is 0 Å². The van der Waals surface area contributed by atoms with Gasteiger partial charge in [-0.05, 0) is 37.6 Å². The van der Waals surface area contributed by atoms with Crippen LogP contribution in [0.15, 0.2) is 42.5 Å². The minimum absolute atomic E-state index is 0.161. The summed E-state index contributed by atoms with van der Waals surface area (Å²) in [5, 5.41) is 4.49. The number of aryl methyl sites for hydroxylation is 2. The van der Waals surface area contributed by atoms with Crippen molar-refractivity contribution < 1.29 is 4.79 Å². The number of rotatable bonds is 5. The van der Waals surface area contributed by atoms with E-state index in [-0.39, 0.29) is 5.91 Å². The highest BCUT2D eigenvalue weighted by atomic mass is 35.5. The van der Waals surface area contributed by atoms with Gasteiger partial charge in [-0.15, -0.1) is 11.3 Å². The Labute approximate surface area is 167 Å². The summed E-state index contributed by atoms with van der Waals surface area (Å²) < 4.78 is 0. The summed E-state index contributed by atoms with van der Waals surface area (Å²) in [4.78, 5) is 18.3. The maximum absolute atomic E-state index is 12.5. The number of benzene rings is 2. The molecule has 0 aliphatic rings. The van der Waals surface area contributed by atoms with Crippen molar-refractivity contribution >= 4 is 45.6 Å². The first-order chi connectivity index (χ1) is 12.5. The van der Waals surface area contributed by atoms with Gasteiger partial charge in [-0.3, -0.25) is 10.1 Å². The first kappa shape index (κ1) is 18.9. The van der Waals surface area contributed by atoms with Crippen LogP contribution in [0.2, 0.25) is 10.0 Å². The normalized spacial score (nSPS) is 10.8. The molecule has 0 spiro atoms. The van der Waals surface area contributed by atoms with Gasteiger partial charge in [0, 0.05) is 16.0 Å². The Morgan fingerprint density at radius 1 is 1.15 bits per heavy atom. The molecule has 3 aromatic rings. The molecule has 0 aliphatic heterocycles. The molecule has 0 saturated carbocycles. The Kier molecular flexibility index (Phi) is 5.97. The predicted octanol–water partition coefficient (Wildman–Crippen LogP) is 6.63. The second-order valence-corrected chi connectivity index (χ2v) is 7.89. The Hall–Kier alpha value is -1.88. The number of anilines is 1. The van der Waals surface area contributed by atoms with Crippen LogP contribution in [0, 0.1) is 6.92 Å². The quantitative estimate of drug-likeness (QED) is 0.518. The van der Waals surface area contributed by atoms with E-state index in [2.05, 4.69) is 17.2 Å². The molecular formula is C20H18Cl2N2OS. The van der Waals surface area contributed by atoms with Gasteiger partial charge < -0.3 is 0 Å². The monoisotopic (exact) mass is 404 g/mol. The Balaban J connectivity index is 1.91. The minimum atomic E-state index is -0.161. The summed E-state index contributed by atoms with van der Waals surface area (Å²) >= 11 is 13.7. The molecule has 0 aliphatic carbocycles. The highest BCUT2D eigenvalue weighted by Crippen LogP contribution is 2.35. The van der Waals surface area contributed by atoms with E-state index in [0.29, 0.717) is 20.7 Å². The van der Waals surface area contributed by atoms with Crippen LogP contribution < -0.4 is 5.32 Å². The van der Waals surface area contributed by atoms with Gasteiger partial charge >= 0.3 is 0 Å². The van der Waals surface area contributed by atoms with Crippen LogP contribution in [-0.4, -0.2) is 10.9 Å². The number of hydrogen-bond acceptors (Lipinski definition) is 3. The maximum atomic E-state index is 12.5. The van der Waals surface area contributed by atoms with Crippen LogP contribution in [0.5, 0.6) is 0 Å². The van der Waals surface area contributed by atoms with Crippen LogP contribution in [-0.2, 0) is 6.42 Å². The highest BCUT2D eigenvalue weighted by molar-refractivity contribution is 7.16. The standard InChI is InChI=1S/C20H18Cl2N2OS/c1-3-5-17-18(13-8-9-15(21)16(22)11-13)23-20(26-17)24-19(25)14-7-4-6-12(2)10-14/h4,6-11H,3,5H2,1-2H3,(H,23,24,25). The summed E-state index contributed by atoms with van der Waals surface area (Å²) in [7, 11) is 0. The van der Waals surface area contributed by atoms with Crippen LogP contribution in [0.25, 0.3) is 11.3 Å². The van der Waals surface area contributed by atoms with E-state index in [9.17, 15) is 4.79 Å². The lowest BCUT2D eigenvalue weighted by atomic mass is 10.1. The van der Waals surface area contributed by atoms with Crippen molar-refractivity contribution in [2.24, 2.45) is 0 Å². The molecule has 0 atom stereocenters. The molecule has 26 heavy (non-hydrogen) atoms. The molecular weight excluding hydrogens is 387 g/mol. The van der Waals surface area contributed by atoms with Gasteiger partial charge in [0.2, 0.25) is 0 Å². The maximum Gasteiger partial charge on any atom is 0.257 e. The van der Waals surface area contributed by atoms with Gasteiger partial charge in [-0.1, -0.05) is 60.3 Å². The minimum Gasteiger partial charge on any atom is -0.298 e. The highest BCUT2D eigenvalue weighted by Gasteiger charge is 2.16. The average Bonchev–Trinajstić information content (AvgIpc) is 3.00. The van der Waals surface area contributed by atoms with Gasteiger partial charge in [-0.25, -0.2) is 4.98 Å². The molecule has 0 radical (unpaired) electrons. The number of carbonyl (C=O) groups is 1. The van der Waals surface area contributed by atoms with Crippen molar-refractivity contribution in [2.45, 2.75) is 26.7 Å². The van der Waals surface area contributed by atoms with Crippen molar-refractivity contribution in [3.05, 3.63) is 68.5 Å². The van der Waals surface area contributed by atoms with Crippen molar-refractivity contribution in [1.82, 2.24) is 4.98 Å². The second-order valence-electron chi connectivity index (χ2n) is 5.99. The van der Waals surface area contributed by atoms with Gasteiger partial charge in [0.25, 0.3) is 5.91 Å². The predicted molar refractivity (Wildman–Crippen MR) is 111 cm³/mol. The first-order valence-corrected chi connectivity index (χ1v) is 9.88. The number of nitrogens with zero attached hydrogens (tertiary/aromatic N) is 1. The molecule has 6 heteroatoms. The zero-order valence-electron chi connectivity index (χ0n) is 14.5. The summed E-state index contributed by atoms with van der Waals surface area (Å²) in [5.74, 6) is -0.161. The van der Waals surface area contributed by atoms with E-state index in [0.717, 1.165) is 34.5 Å². The molecule has 1 N–H and O–H groups in total. The summed E-state index contributed by atoms with van der Waals surface area (Å²) in [6.07, 6.45) is 1.87. The molecule has 3 rings (SSSR count). The summed E-state index contributed by atoms with van der Waals surface area (Å²) in [6, 6.07) is 13.0. The largest absolute Gasteiger partial charge is 0.298 e. The fourth-order valence-corrected chi connectivity index (χ4v) is 4.00. The van der Waals surface area contributed by atoms with E-state index in [1.807, 2.05) is 37.3 Å². The number of halogens is 2. The third kappa shape index (κ3) is 4.26. The second kappa shape index (κ2) is 8.21. The molecule has 1 aromatic heterocycles. The number of carbonyl (C=O) groups excluding carboxylic acids is 1. The summed E-state index contributed by atoms with van der Waals surface area (Å²) in [5.41, 5.74) is 3.40. The van der Waals surface area contributed by atoms with E-state index < -0.39 is 0 Å². The molecule has 0 saturated heterocycles. The van der Waals surface area contributed by atoms with Crippen LogP contribution in [0.4, 0.5) is 5.13 Å². The van der Waals surface area contributed by atoms with Crippen molar-refractivity contribution in [3.8, 4) is 11.3 Å². The third-order valence-electron chi connectivity index (χ3n) is 3.87. The van der Waals surface area contributed by atoms with Crippen LogP contribution >= 0.6 is 34.5 Å². The average molecular weight is 405 g/mol. The SMILES string of the molecule is CCCc1sc(NC(=O)c2cccc(C)c2)nc1-c1ccc(Cl)c(Cl)c1. The zero-order valence-corrected chi connectivity index (χ0v) is 16.8. The Morgan fingerprint density at radius 2 is 1.96 bits per heavy atom. The fraction of sp³-hybridized carbons (Fsp3) is 0.200. The van der Waals surface area contributed by atoms with Gasteiger partial charge in [0.1, 0.15) is 0 Å². The number of aromatic nitrogens is 1. The molecule has 3 nitrogen and oxygen atoms in total. The van der Waals surface area contributed by atoms with Gasteiger partial charge in [-0.2, -0.15) is 0 Å². The van der Waals surface area contributed by atoms with E-state index >= 15 is 0 Å². The lowest BCUT2D eigenvalue weighted by Crippen LogP contribution is -2.11. The van der Waals surface area contributed by atoms with E-state index in [1.165, 1.54) is 11.3 Å². The van der Waals surface area contributed by atoms with E-state index in [1.54, 1.807) is 12.1 Å². The molecule has 1 heterocycles. The topological polar surface area (TPSA) is 42.0 Å². The third-order valence-corrected chi connectivity index (χ3v) is 5.64. The van der Waals surface area contributed by atoms with Crippen molar-refractivity contribution in [2.75, 3.05) is 5.32 Å². The van der Waals surface area contributed by atoms with Crippen LogP contribution in [0.1, 0.15) is 34.1 Å². The van der Waals surface area contributed by atoms with Crippen molar-refractivity contribution in [1.29, 1.82) is 0 Å². The Bertz CT molecular complexity index is 953. The summed E-state index contributed by atoms with van der Waals surface area (Å²) in [6.45, 7) is 4.07. The van der Waals surface area contributed by atoms with E-state index in [4.69, 9.17) is 23.2 Å². The lowest BCUT2D eigenvalue weighted by molar-refractivity contribution is 0.102. The van der Waals surface area contributed by atoms with Gasteiger partial charge in [0.15, 0.2) is 5.13 Å². The fourth-order valence-electron chi connectivity index (χ4n) is 2.63. The van der Waals surface area contributed by atoms with Crippen molar-refractivity contribution in [3.63, 3.8) is 0 Å². The molecule has 1 amide bonds. The van der Waals surface area contributed by atoms with Gasteiger partial charge in [0.05, 0.1) is 15.7 Å².